The van der Waals surface area contributed by atoms with Crippen molar-refractivity contribution in [3.63, 3.8) is 0 Å². The summed E-state index contributed by atoms with van der Waals surface area (Å²) in [5, 5.41) is 2.60. The zero-order valence-corrected chi connectivity index (χ0v) is 13.1. The van der Waals surface area contributed by atoms with E-state index in [0.29, 0.717) is 5.76 Å². The van der Waals surface area contributed by atoms with Gasteiger partial charge in [0.25, 0.3) is 5.91 Å². The van der Waals surface area contributed by atoms with E-state index < -0.39 is 18.0 Å². The van der Waals surface area contributed by atoms with Gasteiger partial charge in [0.2, 0.25) is 0 Å². The van der Waals surface area contributed by atoms with E-state index in [1.165, 1.54) is 13.2 Å². The minimum Gasteiger partial charge on any atom is -0.467 e. The molecule has 0 aromatic carbocycles. The Labute approximate surface area is 134 Å². The number of hydrogen-bond donors (Lipinski definition) is 1. The van der Waals surface area contributed by atoms with E-state index in [2.05, 4.69) is 9.69 Å². The minimum atomic E-state index is -0.996. The molecule has 1 amide bonds. The quantitative estimate of drug-likeness (QED) is 0.840. The maximum absolute atomic E-state index is 11.8. The molecular formula is C12H10Cl2N2O4S. The van der Waals surface area contributed by atoms with Crippen molar-refractivity contribution >= 4 is 46.6 Å². The third-order valence-corrected chi connectivity index (χ3v) is 4.07. The second-order valence-electron chi connectivity index (χ2n) is 3.96. The van der Waals surface area contributed by atoms with Crippen LogP contribution in [0, 0.1) is 0 Å². The van der Waals surface area contributed by atoms with Gasteiger partial charge in [-0.1, -0.05) is 23.2 Å². The van der Waals surface area contributed by atoms with Crippen LogP contribution < -0.4 is 5.32 Å². The summed E-state index contributed by atoms with van der Waals surface area (Å²) in [6.07, 6.45) is 0.503. The Morgan fingerprint density at radius 2 is 2.29 bits per heavy atom. The van der Waals surface area contributed by atoms with Crippen molar-refractivity contribution in [2.24, 2.45) is 0 Å². The summed E-state index contributed by atoms with van der Waals surface area (Å²) < 4.78 is 14.0. The van der Waals surface area contributed by atoms with Gasteiger partial charge in [-0.25, -0.2) is 4.79 Å². The highest BCUT2D eigenvalue weighted by atomic mass is 35.5. The standard InChI is InChI=1S/C12H10Cl2N2O4S/c1-6(11(17)15-5-7-3-2-4-19-7)20-12(18)9-8(13)10(14)21-16-9/h2-4,6H,5H2,1H3,(H,15,17)/t6-/m0/s1. The number of nitrogens with one attached hydrogen (secondary N) is 1. The lowest BCUT2D eigenvalue weighted by Crippen LogP contribution is -2.35. The predicted octanol–water partition coefficient (Wildman–Crippen LogP) is 2.90. The van der Waals surface area contributed by atoms with E-state index >= 15 is 0 Å². The van der Waals surface area contributed by atoms with Crippen LogP contribution in [0.4, 0.5) is 0 Å². The van der Waals surface area contributed by atoms with E-state index in [-0.39, 0.29) is 21.6 Å². The van der Waals surface area contributed by atoms with Gasteiger partial charge in [-0.05, 0) is 30.6 Å². The molecule has 6 nitrogen and oxygen atoms in total. The van der Waals surface area contributed by atoms with Crippen LogP contribution in [0.25, 0.3) is 0 Å². The largest absolute Gasteiger partial charge is 0.467 e. The Morgan fingerprint density at radius 1 is 1.52 bits per heavy atom. The molecule has 0 bridgehead atoms. The number of carbonyl (C=O) groups excluding carboxylic acids is 2. The summed E-state index contributed by atoms with van der Waals surface area (Å²) in [5.41, 5.74) is -0.0997. The average Bonchev–Trinajstić information content (AvgIpc) is 3.07. The molecule has 0 aliphatic carbocycles. The number of rotatable bonds is 5. The van der Waals surface area contributed by atoms with Gasteiger partial charge in [0, 0.05) is 0 Å². The Kier molecular flexibility index (Phi) is 5.22. The van der Waals surface area contributed by atoms with E-state index in [1.54, 1.807) is 12.1 Å². The van der Waals surface area contributed by atoms with Crippen molar-refractivity contribution in [2.45, 2.75) is 19.6 Å². The van der Waals surface area contributed by atoms with Crippen LogP contribution in [-0.4, -0.2) is 22.4 Å². The lowest BCUT2D eigenvalue weighted by Gasteiger charge is -2.12. The highest BCUT2D eigenvalue weighted by Crippen LogP contribution is 2.29. The zero-order valence-electron chi connectivity index (χ0n) is 10.8. The third-order valence-electron chi connectivity index (χ3n) is 2.46. The molecule has 9 heteroatoms. The first kappa shape index (κ1) is 15.8. The van der Waals surface area contributed by atoms with Gasteiger partial charge in [-0.3, -0.25) is 4.79 Å². The Balaban J connectivity index is 1.88. The molecule has 2 aromatic heterocycles. The number of aromatic nitrogens is 1. The summed E-state index contributed by atoms with van der Waals surface area (Å²) in [5.74, 6) is -0.669. The molecule has 2 rings (SSSR count). The average molecular weight is 349 g/mol. The predicted molar refractivity (Wildman–Crippen MR) is 77.6 cm³/mol. The lowest BCUT2D eigenvalue weighted by atomic mass is 10.3. The van der Waals surface area contributed by atoms with Crippen LogP contribution in [0.2, 0.25) is 9.36 Å². The smallest absolute Gasteiger partial charge is 0.360 e. The first-order chi connectivity index (χ1) is 9.99. The van der Waals surface area contributed by atoms with Gasteiger partial charge in [0.1, 0.15) is 15.1 Å². The van der Waals surface area contributed by atoms with Crippen LogP contribution in [0.1, 0.15) is 23.2 Å². The summed E-state index contributed by atoms with van der Waals surface area (Å²) in [6, 6.07) is 3.42. The molecule has 0 spiro atoms. The molecule has 0 aliphatic heterocycles. The summed E-state index contributed by atoms with van der Waals surface area (Å²) in [7, 11) is 0. The molecule has 0 saturated carbocycles. The number of furan rings is 1. The Bertz CT molecular complexity index is 642. The number of esters is 1. The number of hydrogen-bond acceptors (Lipinski definition) is 6. The molecule has 2 aromatic rings. The summed E-state index contributed by atoms with van der Waals surface area (Å²) in [6.45, 7) is 1.65. The molecule has 0 radical (unpaired) electrons. The lowest BCUT2D eigenvalue weighted by molar-refractivity contribution is -0.129. The van der Waals surface area contributed by atoms with E-state index in [1.807, 2.05) is 0 Å². The fourth-order valence-corrected chi connectivity index (χ4v) is 2.37. The van der Waals surface area contributed by atoms with Crippen molar-refractivity contribution in [3.05, 3.63) is 39.2 Å². The first-order valence-corrected chi connectivity index (χ1v) is 7.33. The van der Waals surface area contributed by atoms with Crippen molar-refractivity contribution in [1.29, 1.82) is 0 Å². The molecule has 21 heavy (non-hydrogen) atoms. The van der Waals surface area contributed by atoms with Crippen LogP contribution in [0.5, 0.6) is 0 Å². The molecule has 0 unspecified atom stereocenters. The van der Waals surface area contributed by atoms with Crippen molar-refractivity contribution in [2.75, 3.05) is 0 Å². The van der Waals surface area contributed by atoms with Crippen molar-refractivity contribution < 1.29 is 18.7 Å². The molecule has 0 saturated heterocycles. The SMILES string of the molecule is C[C@H](OC(=O)c1nsc(Cl)c1Cl)C(=O)NCc1ccco1. The molecule has 2 heterocycles. The van der Waals surface area contributed by atoms with Gasteiger partial charge in [-0.2, -0.15) is 4.37 Å². The summed E-state index contributed by atoms with van der Waals surface area (Å²) >= 11 is 12.4. The molecule has 112 valence electrons. The summed E-state index contributed by atoms with van der Waals surface area (Å²) in [4.78, 5) is 23.6. The van der Waals surface area contributed by atoms with Gasteiger partial charge >= 0.3 is 5.97 Å². The maximum atomic E-state index is 11.8. The molecule has 1 atom stereocenters. The highest BCUT2D eigenvalue weighted by molar-refractivity contribution is 7.11. The second kappa shape index (κ2) is 6.93. The van der Waals surface area contributed by atoms with Gasteiger partial charge in [0.15, 0.2) is 11.8 Å². The second-order valence-corrected chi connectivity index (χ2v) is 5.72. The number of halogens is 2. The van der Waals surface area contributed by atoms with E-state index in [0.717, 1.165) is 11.5 Å². The molecule has 0 aliphatic rings. The van der Waals surface area contributed by atoms with Gasteiger partial charge in [-0.15, -0.1) is 0 Å². The minimum absolute atomic E-state index is 0.0230. The fraction of sp³-hybridized carbons (Fsp3) is 0.250. The monoisotopic (exact) mass is 348 g/mol. The van der Waals surface area contributed by atoms with Crippen LogP contribution >= 0.6 is 34.7 Å². The molecule has 0 fully saturated rings. The highest BCUT2D eigenvalue weighted by Gasteiger charge is 2.24. The van der Waals surface area contributed by atoms with Gasteiger partial charge < -0.3 is 14.5 Å². The van der Waals surface area contributed by atoms with Gasteiger partial charge in [0.05, 0.1) is 12.8 Å². The number of ether oxygens (including phenoxy) is 1. The zero-order chi connectivity index (χ0) is 15.4. The number of amides is 1. The topological polar surface area (TPSA) is 81.4 Å². The number of carbonyl (C=O) groups is 2. The first-order valence-electron chi connectivity index (χ1n) is 5.80. The van der Waals surface area contributed by atoms with Crippen LogP contribution in [0.3, 0.4) is 0 Å². The Hall–Kier alpha value is -1.57. The Morgan fingerprint density at radius 3 is 2.86 bits per heavy atom. The molecule has 1 N–H and O–H groups in total. The number of nitrogens with zero attached hydrogens (tertiary/aromatic N) is 1. The van der Waals surface area contributed by atoms with E-state index in [4.69, 9.17) is 32.4 Å². The molecular weight excluding hydrogens is 339 g/mol. The maximum Gasteiger partial charge on any atom is 0.360 e. The fourth-order valence-electron chi connectivity index (χ4n) is 1.39. The van der Waals surface area contributed by atoms with Crippen molar-refractivity contribution in [3.8, 4) is 0 Å². The third kappa shape index (κ3) is 3.96. The van der Waals surface area contributed by atoms with Crippen LogP contribution in [-0.2, 0) is 16.1 Å². The van der Waals surface area contributed by atoms with Crippen molar-refractivity contribution in [1.82, 2.24) is 9.69 Å². The van der Waals surface area contributed by atoms with E-state index in [9.17, 15) is 9.59 Å². The van der Waals surface area contributed by atoms with Crippen LogP contribution in [0.15, 0.2) is 22.8 Å². The normalized spacial score (nSPS) is 12.0.